The highest BCUT2D eigenvalue weighted by molar-refractivity contribution is 6.32. The van der Waals surface area contributed by atoms with Crippen molar-refractivity contribution in [2.75, 3.05) is 19.0 Å². The monoisotopic (exact) mass is 349 g/mol. The Bertz CT molecular complexity index is 746. The fraction of sp³-hybridized carbons (Fsp3) is 0.278. The van der Waals surface area contributed by atoms with Crippen LogP contribution in [0.1, 0.15) is 28.4 Å². The molecule has 2 aromatic carbocycles. The van der Waals surface area contributed by atoms with Crippen LogP contribution in [-0.4, -0.2) is 24.8 Å². The lowest BCUT2D eigenvalue weighted by Gasteiger charge is -2.15. The third-order valence-corrected chi connectivity index (χ3v) is 3.83. The number of hydrogen-bond donors (Lipinski definition) is 2. The Morgan fingerprint density at radius 1 is 1.29 bits per heavy atom. The maximum Gasteiger partial charge on any atom is 0.335 e. The number of carboxylic acids is 1. The largest absolute Gasteiger partial charge is 0.493 e. The summed E-state index contributed by atoms with van der Waals surface area (Å²) in [6.45, 7) is 4.77. The summed E-state index contributed by atoms with van der Waals surface area (Å²) < 4.78 is 10.8. The molecule has 5 nitrogen and oxygen atoms in total. The molecule has 2 rings (SSSR count). The Morgan fingerprint density at radius 3 is 2.67 bits per heavy atom. The van der Waals surface area contributed by atoms with Crippen LogP contribution in [-0.2, 0) is 6.54 Å². The molecule has 0 aliphatic heterocycles. The van der Waals surface area contributed by atoms with E-state index in [1.807, 2.05) is 19.9 Å². The summed E-state index contributed by atoms with van der Waals surface area (Å²) >= 11 is 6.26. The molecule has 0 unspecified atom stereocenters. The summed E-state index contributed by atoms with van der Waals surface area (Å²) in [5.74, 6) is 0.135. The number of nitrogens with one attached hydrogen (secondary N) is 1. The van der Waals surface area contributed by atoms with Crippen molar-refractivity contribution in [1.29, 1.82) is 0 Å². The van der Waals surface area contributed by atoms with Gasteiger partial charge in [-0.05, 0) is 49.2 Å². The van der Waals surface area contributed by atoms with E-state index in [9.17, 15) is 4.79 Å². The van der Waals surface area contributed by atoms with Gasteiger partial charge < -0.3 is 19.9 Å². The summed E-state index contributed by atoms with van der Waals surface area (Å²) in [5, 5.41) is 12.8. The highest BCUT2D eigenvalue weighted by Crippen LogP contribution is 2.36. The number of carboxylic acid groups (broad SMARTS) is 1. The number of ether oxygens (including phenoxy) is 2. The summed E-state index contributed by atoms with van der Waals surface area (Å²) in [6, 6.07) is 8.63. The molecule has 0 aromatic heterocycles. The molecule has 0 saturated carbocycles. The molecule has 2 aromatic rings. The third kappa shape index (κ3) is 4.11. The fourth-order valence-corrected chi connectivity index (χ4v) is 2.59. The number of anilines is 1. The van der Waals surface area contributed by atoms with E-state index in [-0.39, 0.29) is 5.56 Å². The second-order valence-electron chi connectivity index (χ2n) is 5.23. The van der Waals surface area contributed by atoms with Crippen LogP contribution < -0.4 is 14.8 Å². The van der Waals surface area contributed by atoms with Gasteiger partial charge in [0.05, 0.1) is 24.3 Å². The van der Waals surface area contributed by atoms with Gasteiger partial charge in [-0.25, -0.2) is 4.79 Å². The van der Waals surface area contributed by atoms with Crippen molar-refractivity contribution in [2.24, 2.45) is 0 Å². The van der Waals surface area contributed by atoms with E-state index in [1.165, 1.54) is 0 Å². The molecule has 6 heteroatoms. The standard InChI is InChI=1S/C18H20ClNO4/c1-4-24-17-14(19)7-12(8-16(17)23-3)10-20-15-9-13(18(21)22)6-5-11(15)2/h5-9,20H,4,10H2,1-3H3,(H,21,22). The number of aryl methyl sites for hydroxylation is 1. The first-order chi connectivity index (χ1) is 11.5. The van der Waals surface area contributed by atoms with Crippen LogP contribution in [0.15, 0.2) is 30.3 Å². The van der Waals surface area contributed by atoms with E-state index in [1.54, 1.807) is 31.4 Å². The molecule has 0 fully saturated rings. The van der Waals surface area contributed by atoms with Crippen molar-refractivity contribution in [3.8, 4) is 11.5 Å². The lowest BCUT2D eigenvalue weighted by Crippen LogP contribution is -2.05. The third-order valence-electron chi connectivity index (χ3n) is 3.55. The van der Waals surface area contributed by atoms with Crippen LogP contribution in [0, 0.1) is 6.92 Å². The molecule has 128 valence electrons. The second kappa shape index (κ2) is 7.93. The van der Waals surface area contributed by atoms with Crippen LogP contribution in [0.3, 0.4) is 0 Å². The minimum Gasteiger partial charge on any atom is -0.493 e. The average Bonchev–Trinajstić information content (AvgIpc) is 2.55. The van der Waals surface area contributed by atoms with E-state index in [2.05, 4.69) is 5.32 Å². The van der Waals surface area contributed by atoms with Crippen molar-refractivity contribution in [3.05, 3.63) is 52.0 Å². The SMILES string of the molecule is CCOc1c(Cl)cc(CNc2cc(C(=O)O)ccc2C)cc1OC. The first kappa shape index (κ1) is 17.9. The van der Waals surface area contributed by atoms with Gasteiger partial charge in [-0.15, -0.1) is 0 Å². The van der Waals surface area contributed by atoms with Gasteiger partial charge in [0.15, 0.2) is 11.5 Å². The molecule has 0 amide bonds. The molecule has 0 heterocycles. The predicted molar refractivity (Wildman–Crippen MR) is 94.6 cm³/mol. The molecular weight excluding hydrogens is 330 g/mol. The Labute approximate surface area is 146 Å². The molecule has 2 N–H and O–H groups in total. The maximum absolute atomic E-state index is 11.1. The van der Waals surface area contributed by atoms with Gasteiger partial charge >= 0.3 is 5.97 Å². The highest BCUT2D eigenvalue weighted by Gasteiger charge is 2.12. The summed E-state index contributed by atoms with van der Waals surface area (Å²) in [4.78, 5) is 11.1. The molecule has 0 radical (unpaired) electrons. The van der Waals surface area contributed by atoms with Crippen molar-refractivity contribution < 1.29 is 19.4 Å². The second-order valence-corrected chi connectivity index (χ2v) is 5.64. The zero-order valence-electron chi connectivity index (χ0n) is 13.9. The molecule has 0 spiro atoms. The average molecular weight is 350 g/mol. The predicted octanol–water partition coefficient (Wildman–Crippen LogP) is 4.37. The molecule has 0 saturated heterocycles. The molecule has 0 aliphatic carbocycles. The lowest BCUT2D eigenvalue weighted by atomic mass is 10.1. The van der Waals surface area contributed by atoms with Gasteiger partial charge in [0.1, 0.15) is 0 Å². The molecule has 0 aliphatic rings. The van der Waals surface area contributed by atoms with Crippen molar-refractivity contribution >= 4 is 23.3 Å². The van der Waals surface area contributed by atoms with Crippen LogP contribution in [0.25, 0.3) is 0 Å². The summed E-state index contributed by atoms with van der Waals surface area (Å²) in [6.07, 6.45) is 0. The number of benzene rings is 2. The number of hydrogen-bond acceptors (Lipinski definition) is 4. The Hall–Kier alpha value is -2.40. The van der Waals surface area contributed by atoms with Crippen LogP contribution in [0.2, 0.25) is 5.02 Å². The minimum absolute atomic E-state index is 0.241. The zero-order valence-corrected chi connectivity index (χ0v) is 14.6. The lowest BCUT2D eigenvalue weighted by molar-refractivity contribution is 0.0697. The van der Waals surface area contributed by atoms with Crippen LogP contribution in [0.5, 0.6) is 11.5 Å². The molecular formula is C18H20ClNO4. The minimum atomic E-state index is -0.955. The van der Waals surface area contributed by atoms with Crippen LogP contribution in [0.4, 0.5) is 5.69 Å². The normalized spacial score (nSPS) is 10.3. The molecule has 24 heavy (non-hydrogen) atoms. The number of rotatable bonds is 7. The smallest absolute Gasteiger partial charge is 0.335 e. The van der Waals surface area contributed by atoms with Gasteiger partial charge in [0.25, 0.3) is 0 Å². The van der Waals surface area contributed by atoms with Gasteiger partial charge in [-0.2, -0.15) is 0 Å². The molecule has 0 atom stereocenters. The van der Waals surface area contributed by atoms with E-state index >= 15 is 0 Å². The Balaban J connectivity index is 2.22. The summed E-state index contributed by atoms with van der Waals surface area (Å²) in [5.41, 5.74) is 2.87. The fourth-order valence-electron chi connectivity index (χ4n) is 2.30. The zero-order chi connectivity index (χ0) is 17.7. The van der Waals surface area contributed by atoms with E-state index in [4.69, 9.17) is 26.2 Å². The van der Waals surface area contributed by atoms with E-state index < -0.39 is 5.97 Å². The number of methoxy groups -OCH3 is 1. The molecule has 0 bridgehead atoms. The Morgan fingerprint density at radius 2 is 2.04 bits per heavy atom. The highest BCUT2D eigenvalue weighted by atomic mass is 35.5. The Kier molecular flexibility index (Phi) is 5.93. The van der Waals surface area contributed by atoms with Gasteiger partial charge in [-0.3, -0.25) is 0 Å². The quantitative estimate of drug-likeness (QED) is 0.777. The van der Waals surface area contributed by atoms with Gasteiger partial charge in [0.2, 0.25) is 0 Å². The van der Waals surface area contributed by atoms with Crippen molar-refractivity contribution in [3.63, 3.8) is 0 Å². The summed E-state index contributed by atoms with van der Waals surface area (Å²) in [7, 11) is 1.56. The number of carbonyl (C=O) groups is 1. The van der Waals surface area contributed by atoms with Gasteiger partial charge in [-0.1, -0.05) is 17.7 Å². The number of halogens is 1. The number of aromatic carboxylic acids is 1. The topological polar surface area (TPSA) is 67.8 Å². The van der Waals surface area contributed by atoms with E-state index in [0.717, 1.165) is 16.8 Å². The van der Waals surface area contributed by atoms with Gasteiger partial charge in [0, 0.05) is 12.2 Å². The first-order valence-electron chi connectivity index (χ1n) is 7.53. The van der Waals surface area contributed by atoms with Crippen LogP contribution >= 0.6 is 11.6 Å². The van der Waals surface area contributed by atoms with Crippen molar-refractivity contribution in [1.82, 2.24) is 0 Å². The first-order valence-corrected chi connectivity index (χ1v) is 7.91. The maximum atomic E-state index is 11.1. The van der Waals surface area contributed by atoms with Crippen molar-refractivity contribution in [2.45, 2.75) is 20.4 Å². The van der Waals surface area contributed by atoms with E-state index in [0.29, 0.717) is 29.7 Å².